The Morgan fingerprint density at radius 3 is 2.62 bits per heavy atom. The molecule has 0 atom stereocenters. The van der Waals surface area contributed by atoms with Crippen molar-refractivity contribution in [3.63, 3.8) is 0 Å². The quantitative estimate of drug-likeness (QED) is 0.762. The predicted molar refractivity (Wildman–Crippen MR) is 68.0 cm³/mol. The summed E-state index contributed by atoms with van der Waals surface area (Å²) >= 11 is 0. The minimum atomic E-state index is -0.602. The highest BCUT2D eigenvalue weighted by Crippen LogP contribution is 2.40. The molecule has 0 aliphatic carbocycles. The SMILES string of the molecule is O=c1c([SH]2C=CC=C2)coc2ccccc12. The highest BCUT2D eigenvalue weighted by Gasteiger charge is 2.11. The molecule has 0 saturated heterocycles. The van der Waals surface area contributed by atoms with Gasteiger partial charge in [-0.3, -0.25) is 4.79 Å². The zero-order chi connectivity index (χ0) is 11.0. The van der Waals surface area contributed by atoms with E-state index in [4.69, 9.17) is 4.42 Å². The summed E-state index contributed by atoms with van der Waals surface area (Å²) in [5.74, 6) is 0. The Kier molecular flexibility index (Phi) is 2.18. The number of para-hydroxylation sites is 1. The van der Waals surface area contributed by atoms with Gasteiger partial charge < -0.3 is 4.42 Å². The molecule has 0 bridgehead atoms. The number of hydrogen-bond acceptors (Lipinski definition) is 2. The standard InChI is InChI=1S/C13H10O2S/c14-13-10-5-1-2-6-11(10)15-9-12(13)16-7-3-4-8-16/h1-9,16H. The van der Waals surface area contributed by atoms with Gasteiger partial charge in [0, 0.05) is 0 Å². The topological polar surface area (TPSA) is 30.2 Å². The Labute approximate surface area is 95.2 Å². The molecule has 2 aromatic rings. The van der Waals surface area contributed by atoms with E-state index in [1.54, 1.807) is 6.26 Å². The fourth-order valence-electron chi connectivity index (χ4n) is 1.74. The Morgan fingerprint density at radius 1 is 1.06 bits per heavy atom. The van der Waals surface area contributed by atoms with Crippen LogP contribution >= 0.6 is 10.9 Å². The Morgan fingerprint density at radius 2 is 1.81 bits per heavy atom. The lowest BCUT2D eigenvalue weighted by Crippen LogP contribution is -2.04. The number of benzene rings is 1. The monoisotopic (exact) mass is 230 g/mol. The molecular weight excluding hydrogens is 220 g/mol. The van der Waals surface area contributed by atoms with Crippen molar-refractivity contribution in [2.45, 2.75) is 4.90 Å². The molecule has 1 aliphatic rings. The normalized spacial score (nSPS) is 16.1. The van der Waals surface area contributed by atoms with Crippen molar-refractivity contribution in [3.05, 3.63) is 63.7 Å². The van der Waals surface area contributed by atoms with Crippen molar-refractivity contribution in [2.75, 3.05) is 0 Å². The van der Waals surface area contributed by atoms with Crippen LogP contribution in [0.2, 0.25) is 0 Å². The lowest BCUT2D eigenvalue weighted by atomic mass is 10.2. The van der Waals surface area contributed by atoms with E-state index < -0.39 is 10.9 Å². The van der Waals surface area contributed by atoms with Crippen LogP contribution in [-0.2, 0) is 0 Å². The first-order valence-corrected chi connectivity index (χ1v) is 6.48. The van der Waals surface area contributed by atoms with Crippen LogP contribution in [-0.4, -0.2) is 0 Å². The summed E-state index contributed by atoms with van der Waals surface area (Å²) < 4.78 is 5.48. The van der Waals surface area contributed by atoms with E-state index in [1.165, 1.54) is 0 Å². The Bertz CT molecular complexity index is 640. The molecule has 0 unspecified atom stereocenters. The van der Waals surface area contributed by atoms with Crippen molar-refractivity contribution in [2.24, 2.45) is 0 Å². The van der Waals surface area contributed by atoms with Crippen LogP contribution in [0.25, 0.3) is 11.0 Å². The van der Waals surface area contributed by atoms with Crippen molar-refractivity contribution in [1.29, 1.82) is 0 Å². The molecule has 1 aromatic heterocycles. The summed E-state index contributed by atoms with van der Waals surface area (Å²) in [6, 6.07) is 7.35. The third-order valence-electron chi connectivity index (χ3n) is 2.54. The predicted octanol–water partition coefficient (Wildman–Crippen LogP) is 3.19. The van der Waals surface area contributed by atoms with Crippen molar-refractivity contribution in [1.82, 2.24) is 0 Å². The van der Waals surface area contributed by atoms with E-state index in [9.17, 15) is 4.79 Å². The molecule has 0 fully saturated rings. The maximum Gasteiger partial charge on any atom is 0.205 e. The average Bonchev–Trinajstić information content (AvgIpc) is 2.83. The van der Waals surface area contributed by atoms with Crippen molar-refractivity contribution >= 4 is 21.9 Å². The van der Waals surface area contributed by atoms with Crippen LogP contribution in [0, 0.1) is 0 Å². The van der Waals surface area contributed by atoms with Crippen LogP contribution in [0.5, 0.6) is 0 Å². The molecule has 3 rings (SSSR count). The van der Waals surface area contributed by atoms with Gasteiger partial charge in [0.05, 0.1) is 10.3 Å². The van der Waals surface area contributed by atoms with Crippen LogP contribution < -0.4 is 5.43 Å². The molecule has 3 heteroatoms. The largest absolute Gasteiger partial charge is 0.463 e. The molecular formula is C13H10O2S. The molecule has 0 radical (unpaired) electrons. The highest BCUT2D eigenvalue weighted by molar-refractivity contribution is 8.22. The van der Waals surface area contributed by atoms with Crippen LogP contribution in [0.4, 0.5) is 0 Å². The van der Waals surface area contributed by atoms with E-state index in [1.807, 2.05) is 36.4 Å². The summed E-state index contributed by atoms with van der Waals surface area (Å²) in [5.41, 5.74) is 0.738. The summed E-state index contributed by atoms with van der Waals surface area (Å²) in [5, 5.41) is 4.77. The van der Waals surface area contributed by atoms with Crippen LogP contribution in [0.3, 0.4) is 0 Å². The van der Waals surface area contributed by atoms with Gasteiger partial charge in [0.1, 0.15) is 11.8 Å². The van der Waals surface area contributed by atoms with Gasteiger partial charge in [0.2, 0.25) is 5.43 Å². The minimum absolute atomic E-state index is 0.0872. The smallest absolute Gasteiger partial charge is 0.205 e. The number of hydrogen-bond donors (Lipinski definition) is 1. The highest BCUT2D eigenvalue weighted by atomic mass is 32.2. The Hall–Kier alpha value is -1.74. The minimum Gasteiger partial charge on any atom is -0.463 e. The molecule has 1 aliphatic heterocycles. The van der Waals surface area contributed by atoms with Crippen LogP contribution in [0.1, 0.15) is 0 Å². The van der Waals surface area contributed by atoms with Crippen molar-refractivity contribution in [3.8, 4) is 0 Å². The summed E-state index contributed by atoms with van der Waals surface area (Å²) in [6.45, 7) is 0. The average molecular weight is 230 g/mol. The zero-order valence-electron chi connectivity index (χ0n) is 8.46. The van der Waals surface area contributed by atoms with E-state index in [-0.39, 0.29) is 5.43 Å². The molecule has 2 heterocycles. The maximum atomic E-state index is 12.2. The van der Waals surface area contributed by atoms with Gasteiger partial charge in [-0.15, -0.1) is 0 Å². The molecule has 0 saturated carbocycles. The molecule has 16 heavy (non-hydrogen) atoms. The summed E-state index contributed by atoms with van der Waals surface area (Å²) in [7, 11) is -0.602. The summed E-state index contributed by atoms with van der Waals surface area (Å²) in [4.78, 5) is 13.0. The van der Waals surface area contributed by atoms with Crippen molar-refractivity contribution < 1.29 is 4.42 Å². The molecule has 2 nitrogen and oxygen atoms in total. The molecule has 1 aromatic carbocycles. The van der Waals surface area contributed by atoms with Gasteiger partial charge >= 0.3 is 0 Å². The second-order valence-corrected chi connectivity index (χ2v) is 5.43. The second kappa shape index (κ2) is 3.68. The summed E-state index contributed by atoms with van der Waals surface area (Å²) in [6.07, 6.45) is 5.54. The number of thiol groups is 1. The second-order valence-electron chi connectivity index (χ2n) is 3.54. The van der Waals surface area contributed by atoms with E-state index in [0.717, 1.165) is 4.90 Å². The molecule has 0 spiro atoms. The first-order valence-electron chi connectivity index (χ1n) is 5.00. The van der Waals surface area contributed by atoms with Gasteiger partial charge in [0.25, 0.3) is 0 Å². The van der Waals surface area contributed by atoms with Gasteiger partial charge in [-0.25, -0.2) is 0 Å². The van der Waals surface area contributed by atoms with Gasteiger partial charge in [0.15, 0.2) is 0 Å². The fraction of sp³-hybridized carbons (Fsp3) is 0. The third kappa shape index (κ3) is 1.41. The van der Waals surface area contributed by atoms with Crippen LogP contribution in [0.15, 0.2) is 67.6 Å². The fourth-order valence-corrected chi connectivity index (χ4v) is 3.26. The zero-order valence-corrected chi connectivity index (χ0v) is 9.35. The third-order valence-corrected chi connectivity index (χ3v) is 4.40. The molecule has 0 amide bonds. The lowest BCUT2D eigenvalue weighted by Gasteiger charge is -2.08. The number of allylic oxidation sites excluding steroid dienone is 2. The number of fused-ring (bicyclic) bond motifs is 1. The molecule has 80 valence electrons. The maximum absolute atomic E-state index is 12.2. The Balaban J connectivity index is 2.28. The first kappa shape index (κ1) is 9.48. The lowest BCUT2D eigenvalue weighted by molar-refractivity contribution is 0.587. The van der Waals surface area contributed by atoms with E-state index in [2.05, 4.69) is 10.8 Å². The first-order chi connectivity index (χ1) is 7.86. The number of rotatable bonds is 1. The van der Waals surface area contributed by atoms with Gasteiger partial charge in [-0.1, -0.05) is 24.3 Å². The van der Waals surface area contributed by atoms with E-state index in [0.29, 0.717) is 11.0 Å². The van der Waals surface area contributed by atoms with Gasteiger partial charge in [-0.2, -0.15) is 10.9 Å². The van der Waals surface area contributed by atoms with Gasteiger partial charge in [-0.05, 0) is 22.9 Å². The van der Waals surface area contributed by atoms with E-state index >= 15 is 0 Å². The molecule has 0 N–H and O–H groups in total.